The van der Waals surface area contributed by atoms with Crippen LogP contribution in [0, 0.1) is 17.2 Å². The Bertz CT molecular complexity index is 2460. The summed E-state index contributed by atoms with van der Waals surface area (Å²) in [6.07, 6.45) is 8.34. The number of aliphatic hydroxyl groups excluding tert-OH is 1. The zero-order valence-electron chi connectivity index (χ0n) is 32.8. The summed E-state index contributed by atoms with van der Waals surface area (Å²) in [5.41, 5.74) is 3.14. The van der Waals surface area contributed by atoms with Crippen LogP contribution >= 0.6 is 0 Å². The first-order chi connectivity index (χ1) is 29.1. The molecule has 60 heavy (non-hydrogen) atoms. The minimum Gasteiger partial charge on any atom is -0.391 e. The Morgan fingerprint density at radius 2 is 1.80 bits per heavy atom. The lowest BCUT2D eigenvalue weighted by atomic mass is 9.85. The predicted molar refractivity (Wildman–Crippen MR) is 212 cm³/mol. The van der Waals surface area contributed by atoms with Crippen molar-refractivity contribution < 1.29 is 33.8 Å². The number of piperidine rings is 2. The van der Waals surface area contributed by atoms with Crippen molar-refractivity contribution in [1.82, 2.24) is 39.5 Å². The number of benzene rings is 1. The van der Waals surface area contributed by atoms with Gasteiger partial charge in [0.25, 0.3) is 11.8 Å². The molecular weight excluding hydrogens is 773 g/mol. The molecule has 310 valence electrons. The quantitative estimate of drug-likeness (QED) is 0.179. The number of nitriles is 1. The maximum Gasteiger partial charge on any atom is 0.261 e. The van der Waals surface area contributed by atoms with E-state index in [9.17, 15) is 34.3 Å². The summed E-state index contributed by atoms with van der Waals surface area (Å²) in [6.45, 7) is 3.50. The monoisotopic (exact) mass is 816 g/mol. The van der Waals surface area contributed by atoms with E-state index < -0.39 is 30.2 Å². The standard InChI is InChI=1S/C41H44N12O7/c42-19-30-31(44-37(56)29-20-43-51-13-11-33(45-36(29)51)50-12-1-2-26(54)21-50)22-52(47-30)24-5-3-23(4-6-24)39(58)49-16-14-48(15-17-49)25-7-8-27-28(18-25)40(59)53(41-35(27)60-41)32-9-10-34(55)46-38(32)57/h7-8,11,13,18,20,22-24,26,32,35,41,54H,1-6,9-10,12,14-17,21H2,(H,44,56)(H,46,55,57). The number of aromatic nitrogens is 5. The van der Waals surface area contributed by atoms with Gasteiger partial charge in [-0.25, -0.2) is 9.50 Å². The van der Waals surface area contributed by atoms with E-state index in [0.29, 0.717) is 75.4 Å². The summed E-state index contributed by atoms with van der Waals surface area (Å²) in [7, 11) is 0. The first kappa shape index (κ1) is 37.9. The van der Waals surface area contributed by atoms with Crippen molar-refractivity contribution in [3.8, 4) is 6.07 Å². The molecule has 5 aliphatic heterocycles. The van der Waals surface area contributed by atoms with Crippen molar-refractivity contribution in [2.75, 3.05) is 54.4 Å². The fourth-order valence-corrected chi connectivity index (χ4v) is 9.57. The summed E-state index contributed by atoms with van der Waals surface area (Å²) in [5, 5.41) is 34.1. The molecule has 3 aromatic heterocycles. The highest BCUT2D eigenvalue weighted by Crippen LogP contribution is 2.49. The summed E-state index contributed by atoms with van der Waals surface area (Å²) in [4.78, 5) is 77.6. The van der Waals surface area contributed by atoms with E-state index >= 15 is 0 Å². The highest BCUT2D eigenvalue weighted by molar-refractivity contribution is 6.08. The molecular formula is C41H44N12O7. The van der Waals surface area contributed by atoms with E-state index in [-0.39, 0.29) is 65.6 Å². The first-order valence-electron chi connectivity index (χ1n) is 20.7. The molecule has 0 spiro atoms. The van der Waals surface area contributed by atoms with Crippen LogP contribution in [0.15, 0.2) is 42.9 Å². The van der Waals surface area contributed by atoms with Gasteiger partial charge in [0.1, 0.15) is 29.6 Å². The third-order valence-electron chi connectivity index (χ3n) is 12.9. The number of aliphatic hydroxyl groups is 1. The maximum atomic E-state index is 13.8. The number of fused-ring (bicyclic) bond motifs is 4. The molecule has 6 aliphatic rings. The molecule has 1 saturated carbocycles. The van der Waals surface area contributed by atoms with Gasteiger partial charge >= 0.3 is 0 Å². The number of β-amino-alcohol motifs (C(OH)–C–C–N with tert-alkyl or cyclic N) is 1. The highest BCUT2D eigenvalue weighted by atomic mass is 16.6. The number of piperazine rings is 1. The van der Waals surface area contributed by atoms with Crippen molar-refractivity contribution in [3.63, 3.8) is 0 Å². The number of imide groups is 1. The van der Waals surface area contributed by atoms with Gasteiger partial charge < -0.3 is 29.9 Å². The van der Waals surface area contributed by atoms with Crippen LogP contribution in [0.25, 0.3) is 5.65 Å². The molecule has 5 amide bonds. The Morgan fingerprint density at radius 1 is 0.983 bits per heavy atom. The summed E-state index contributed by atoms with van der Waals surface area (Å²) in [6, 6.07) is 8.86. The largest absolute Gasteiger partial charge is 0.391 e. The number of hydrogen-bond donors (Lipinski definition) is 3. The fourth-order valence-electron chi connectivity index (χ4n) is 9.57. The lowest BCUT2D eigenvalue weighted by Crippen LogP contribution is -2.56. The average Bonchev–Trinajstić information content (AvgIpc) is 3.77. The van der Waals surface area contributed by atoms with Crippen LogP contribution in [0.4, 0.5) is 17.2 Å². The number of epoxide rings is 1. The molecule has 1 aliphatic carbocycles. The zero-order chi connectivity index (χ0) is 41.2. The lowest BCUT2D eigenvalue weighted by molar-refractivity contribution is -0.138. The summed E-state index contributed by atoms with van der Waals surface area (Å²) in [5.74, 6) is -0.927. The molecule has 8 heterocycles. The first-order valence-corrected chi connectivity index (χ1v) is 20.7. The molecule has 1 aromatic carbocycles. The van der Waals surface area contributed by atoms with Gasteiger partial charge in [0, 0.05) is 69.1 Å². The Labute approximate surface area is 343 Å². The number of hydrogen-bond acceptors (Lipinski definition) is 13. The predicted octanol–water partition coefficient (Wildman–Crippen LogP) is 1.75. The minimum absolute atomic E-state index is 0.0429. The third-order valence-corrected chi connectivity index (χ3v) is 12.9. The molecule has 19 nitrogen and oxygen atoms in total. The van der Waals surface area contributed by atoms with Gasteiger partial charge in [-0.15, -0.1) is 0 Å². The SMILES string of the molecule is N#Cc1nn(C2CCC(C(=O)N3CCN(c4ccc5c(c4)C(=O)N(C4CCC(=O)NC4=O)C4OC54)CC3)CC2)cc1NC(=O)c1cnn2ccc(N3CCCC(O)C3)nc12. The Morgan fingerprint density at radius 3 is 2.57 bits per heavy atom. The van der Waals surface area contributed by atoms with Gasteiger partial charge in [-0.3, -0.25) is 38.9 Å². The van der Waals surface area contributed by atoms with Crippen molar-refractivity contribution in [1.29, 1.82) is 5.26 Å². The molecule has 0 bridgehead atoms. The van der Waals surface area contributed by atoms with Crippen LogP contribution in [0.3, 0.4) is 0 Å². The number of rotatable bonds is 7. The second-order valence-corrected chi connectivity index (χ2v) is 16.5. The van der Waals surface area contributed by atoms with Crippen molar-refractivity contribution in [3.05, 3.63) is 65.2 Å². The topological polar surface area (TPSA) is 227 Å². The molecule has 4 saturated heterocycles. The molecule has 19 heteroatoms. The van der Waals surface area contributed by atoms with Gasteiger partial charge in [-0.2, -0.15) is 15.5 Å². The second-order valence-electron chi connectivity index (χ2n) is 16.5. The lowest BCUT2D eigenvalue weighted by Gasteiger charge is -2.39. The van der Waals surface area contributed by atoms with Crippen LogP contribution in [0.5, 0.6) is 0 Å². The molecule has 10 rings (SSSR count). The van der Waals surface area contributed by atoms with Crippen LogP contribution in [0.2, 0.25) is 0 Å². The summed E-state index contributed by atoms with van der Waals surface area (Å²) < 4.78 is 9.08. The molecule has 3 N–H and O–H groups in total. The minimum atomic E-state index is -0.754. The second kappa shape index (κ2) is 15.0. The van der Waals surface area contributed by atoms with E-state index in [2.05, 4.69) is 31.8 Å². The van der Waals surface area contributed by atoms with Crippen LogP contribution < -0.4 is 20.4 Å². The molecule has 4 unspecified atom stereocenters. The van der Waals surface area contributed by atoms with Gasteiger partial charge in [-0.05, 0) is 68.7 Å². The van der Waals surface area contributed by atoms with Gasteiger partial charge in [0.15, 0.2) is 17.6 Å². The Balaban J connectivity index is 0.740. The van der Waals surface area contributed by atoms with Crippen molar-refractivity contribution >= 4 is 52.4 Å². The number of carbonyl (C=O) groups is 5. The van der Waals surface area contributed by atoms with Crippen molar-refractivity contribution in [2.24, 2.45) is 5.92 Å². The van der Waals surface area contributed by atoms with Crippen LogP contribution in [-0.4, -0.2) is 126 Å². The maximum absolute atomic E-state index is 13.8. The van der Waals surface area contributed by atoms with E-state index in [1.807, 2.05) is 34.1 Å². The van der Waals surface area contributed by atoms with Gasteiger partial charge in [0.2, 0.25) is 17.7 Å². The normalized spacial score (nSPS) is 26.6. The van der Waals surface area contributed by atoms with Gasteiger partial charge in [0.05, 0.1) is 30.2 Å². The average molecular weight is 817 g/mol. The number of amides is 5. The Kier molecular flexibility index (Phi) is 9.47. The molecule has 0 radical (unpaired) electrons. The smallest absolute Gasteiger partial charge is 0.261 e. The number of anilines is 3. The third kappa shape index (κ3) is 6.78. The van der Waals surface area contributed by atoms with E-state index in [1.54, 1.807) is 17.1 Å². The fraction of sp³-hybridized carbons (Fsp3) is 0.488. The zero-order valence-corrected chi connectivity index (χ0v) is 32.8. The number of carbonyl (C=O) groups excluding carboxylic acids is 5. The Hall–Kier alpha value is -6.39. The number of nitrogens with zero attached hydrogens (tertiary/aromatic N) is 10. The van der Waals surface area contributed by atoms with E-state index in [0.717, 1.165) is 30.6 Å². The van der Waals surface area contributed by atoms with E-state index in [4.69, 9.17) is 9.72 Å². The molecule has 4 atom stereocenters. The number of nitrogens with one attached hydrogen (secondary N) is 2. The van der Waals surface area contributed by atoms with Crippen LogP contribution in [0.1, 0.15) is 95.5 Å². The summed E-state index contributed by atoms with van der Waals surface area (Å²) >= 11 is 0. The van der Waals surface area contributed by atoms with Gasteiger partial charge in [-0.1, -0.05) is 6.07 Å². The van der Waals surface area contributed by atoms with Crippen LogP contribution in [-0.2, 0) is 19.1 Å². The van der Waals surface area contributed by atoms with E-state index in [1.165, 1.54) is 15.6 Å². The number of ether oxygens (including phenoxy) is 1. The van der Waals surface area contributed by atoms with Crippen molar-refractivity contribution in [2.45, 2.75) is 81.9 Å². The molecule has 4 aromatic rings. The highest BCUT2D eigenvalue weighted by Gasteiger charge is 2.56. The molecule has 5 fully saturated rings.